The fourth-order valence-electron chi connectivity index (χ4n) is 5.49. The summed E-state index contributed by atoms with van der Waals surface area (Å²) in [7, 11) is 0. The molecule has 4 heteroatoms. The zero-order chi connectivity index (χ0) is 23.7. The fraction of sp³-hybridized carbons (Fsp3) is 0. The maximum atomic E-state index is 9.83. The molecule has 0 N–H and O–H groups in total. The number of nitrogens with zero attached hydrogens (tertiary/aromatic N) is 3. The van der Waals surface area contributed by atoms with Gasteiger partial charge in [-0.05, 0) is 56.8 Å². The van der Waals surface area contributed by atoms with Gasteiger partial charge in [-0.15, -0.1) is 0 Å². The van der Waals surface area contributed by atoms with Crippen molar-refractivity contribution in [3.63, 3.8) is 0 Å². The standard InChI is InChI=1S/C31H13N3O/c1-33-24-14-18(13-19(16-32)31(24)34-2)28-29-22-11-6-8-17-7-5-10-20(27(17)22)23(29)15-26-30(28)21-9-3-4-12-25(21)35-26/h3-15H. The van der Waals surface area contributed by atoms with E-state index in [-0.39, 0.29) is 16.9 Å². The molecule has 0 amide bonds. The van der Waals surface area contributed by atoms with Gasteiger partial charge in [0.05, 0.1) is 19.2 Å². The van der Waals surface area contributed by atoms with Crippen molar-refractivity contribution in [1.29, 1.82) is 5.26 Å². The van der Waals surface area contributed by atoms with Crippen molar-refractivity contribution in [1.82, 2.24) is 0 Å². The van der Waals surface area contributed by atoms with Crippen LogP contribution in [0.2, 0.25) is 0 Å². The van der Waals surface area contributed by atoms with Gasteiger partial charge in [0, 0.05) is 21.9 Å². The third kappa shape index (κ3) is 2.42. The smallest absolute Gasteiger partial charge is 0.211 e. The van der Waals surface area contributed by atoms with Gasteiger partial charge in [0.25, 0.3) is 0 Å². The van der Waals surface area contributed by atoms with Gasteiger partial charge >= 0.3 is 0 Å². The minimum atomic E-state index is 0.0949. The number of rotatable bonds is 1. The molecule has 1 aliphatic carbocycles. The lowest BCUT2D eigenvalue weighted by Crippen LogP contribution is -1.89. The van der Waals surface area contributed by atoms with Gasteiger partial charge in [-0.2, -0.15) is 5.26 Å². The maximum absolute atomic E-state index is 9.83. The van der Waals surface area contributed by atoms with Crippen LogP contribution in [0.1, 0.15) is 5.56 Å². The van der Waals surface area contributed by atoms with Crippen molar-refractivity contribution in [2.45, 2.75) is 0 Å². The molecule has 0 atom stereocenters. The molecule has 0 saturated heterocycles. The van der Waals surface area contributed by atoms with Crippen molar-refractivity contribution in [2.24, 2.45) is 0 Å². The molecule has 35 heavy (non-hydrogen) atoms. The van der Waals surface area contributed by atoms with Gasteiger partial charge in [0.15, 0.2) is 5.69 Å². The number of para-hydroxylation sites is 1. The van der Waals surface area contributed by atoms with Crippen molar-refractivity contribution >= 4 is 44.1 Å². The molecular formula is C31H13N3O. The lowest BCUT2D eigenvalue weighted by atomic mass is 9.88. The number of fused-ring (bicyclic) bond motifs is 6. The van der Waals surface area contributed by atoms with E-state index >= 15 is 0 Å². The van der Waals surface area contributed by atoms with Crippen LogP contribution in [0, 0.1) is 24.5 Å². The van der Waals surface area contributed by atoms with E-state index in [0.717, 1.165) is 60.7 Å². The normalized spacial score (nSPS) is 11.3. The lowest BCUT2D eigenvalue weighted by Gasteiger charge is -2.14. The first-order valence-electron chi connectivity index (χ1n) is 11.1. The van der Waals surface area contributed by atoms with Gasteiger partial charge < -0.3 is 4.42 Å². The Bertz CT molecular complexity index is 2000. The quantitative estimate of drug-likeness (QED) is 0.238. The average Bonchev–Trinajstić information content (AvgIpc) is 3.43. The third-order valence-electron chi connectivity index (χ3n) is 6.86. The largest absolute Gasteiger partial charge is 0.456 e. The first-order valence-corrected chi connectivity index (χ1v) is 11.1. The summed E-state index contributed by atoms with van der Waals surface area (Å²) in [4.78, 5) is 7.08. The van der Waals surface area contributed by atoms with E-state index in [0.29, 0.717) is 0 Å². The summed E-state index contributed by atoms with van der Waals surface area (Å²) in [6.07, 6.45) is 0. The summed E-state index contributed by atoms with van der Waals surface area (Å²) in [5.74, 6) is 0. The van der Waals surface area contributed by atoms with Gasteiger partial charge in [0.1, 0.15) is 11.2 Å². The van der Waals surface area contributed by atoms with Gasteiger partial charge in [-0.1, -0.05) is 60.7 Å². The van der Waals surface area contributed by atoms with E-state index in [2.05, 4.69) is 58.2 Å². The molecule has 1 heterocycles. The minimum Gasteiger partial charge on any atom is -0.456 e. The highest BCUT2D eigenvalue weighted by atomic mass is 16.3. The Balaban J connectivity index is 1.74. The molecule has 0 radical (unpaired) electrons. The van der Waals surface area contributed by atoms with Crippen LogP contribution in [-0.2, 0) is 0 Å². The molecule has 0 bridgehead atoms. The highest BCUT2D eigenvalue weighted by molar-refractivity contribution is 6.25. The molecule has 4 nitrogen and oxygen atoms in total. The van der Waals surface area contributed by atoms with Crippen LogP contribution in [0.15, 0.2) is 83.3 Å². The first kappa shape index (κ1) is 19.1. The molecule has 0 fully saturated rings. The van der Waals surface area contributed by atoms with Gasteiger partial charge in [0.2, 0.25) is 5.69 Å². The predicted octanol–water partition coefficient (Wildman–Crippen LogP) is 9.03. The van der Waals surface area contributed by atoms with E-state index in [9.17, 15) is 5.26 Å². The fourth-order valence-corrected chi connectivity index (χ4v) is 5.49. The van der Waals surface area contributed by atoms with Gasteiger partial charge in [-0.25, -0.2) is 4.85 Å². The second-order valence-corrected chi connectivity index (χ2v) is 8.58. The average molecular weight is 443 g/mol. The molecule has 5 aromatic carbocycles. The Labute approximate surface area is 200 Å². The number of nitriles is 1. The Morgan fingerprint density at radius 2 is 1.51 bits per heavy atom. The second-order valence-electron chi connectivity index (χ2n) is 8.58. The predicted molar refractivity (Wildman–Crippen MR) is 138 cm³/mol. The highest BCUT2D eigenvalue weighted by Gasteiger charge is 2.29. The maximum Gasteiger partial charge on any atom is 0.211 e. The summed E-state index contributed by atoms with van der Waals surface area (Å²) in [5, 5.41) is 14.1. The Hall–Kier alpha value is -5.37. The SMILES string of the molecule is [C-]#[N+]c1cc(-c2c3c(cc4oc5ccccc5c24)-c2cccc4cccc-3c24)cc(C#N)c1[N+]#[C-]. The zero-order valence-electron chi connectivity index (χ0n) is 18.3. The topological polar surface area (TPSA) is 45.6 Å². The monoisotopic (exact) mass is 443 g/mol. The third-order valence-corrected chi connectivity index (χ3v) is 6.86. The molecule has 1 aromatic heterocycles. The van der Waals surface area contributed by atoms with Crippen LogP contribution in [0.25, 0.3) is 75.8 Å². The van der Waals surface area contributed by atoms with Crippen molar-refractivity contribution in [3.8, 4) is 39.4 Å². The van der Waals surface area contributed by atoms with Crippen molar-refractivity contribution in [2.75, 3.05) is 0 Å². The zero-order valence-corrected chi connectivity index (χ0v) is 18.3. The minimum absolute atomic E-state index is 0.0949. The van der Waals surface area contributed by atoms with Gasteiger partial charge in [-0.3, -0.25) is 4.85 Å². The van der Waals surface area contributed by atoms with Crippen molar-refractivity contribution < 1.29 is 4.42 Å². The molecule has 0 unspecified atom stereocenters. The Kier molecular flexibility index (Phi) is 3.73. The molecule has 7 rings (SSSR count). The van der Waals surface area contributed by atoms with E-state index < -0.39 is 0 Å². The van der Waals surface area contributed by atoms with Crippen molar-refractivity contribution in [3.05, 3.63) is 107 Å². The van der Waals surface area contributed by atoms with Crippen LogP contribution in [0.3, 0.4) is 0 Å². The summed E-state index contributed by atoms with van der Waals surface area (Å²) >= 11 is 0. The molecule has 1 aliphatic rings. The van der Waals surface area contributed by atoms with Crippen LogP contribution < -0.4 is 0 Å². The van der Waals surface area contributed by atoms with E-state index in [1.165, 1.54) is 5.39 Å². The Morgan fingerprint density at radius 1 is 0.714 bits per heavy atom. The number of hydrogen-bond donors (Lipinski definition) is 0. The van der Waals surface area contributed by atoms with Crippen LogP contribution >= 0.6 is 0 Å². The van der Waals surface area contributed by atoms with E-state index in [1.807, 2.05) is 24.3 Å². The molecule has 6 aromatic rings. The summed E-state index contributed by atoms with van der Waals surface area (Å²) in [6.45, 7) is 15.2. The van der Waals surface area contributed by atoms with Crippen LogP contribution in [0.5, 0.6) is 0 Å². The van der Waals surface area contributed by atoms with Crippen LogP contribution in [0.4, 0.5) is 11.4 Å². The highest BCUT2D eigenvalue weighted by Crippen LogP contribution is 2.55. The second kappa shape index (κ2) is 6.82. The molecule has 0 aliphatic heterocycles. The number of benzene rings is 5. The molecular weight excluding hydrogens is 430 g/mol. The summed E-state index contributed by atoms with van der Waals surface area (Å²) < 4.78 is 6.32. The lowest BCUT2D eigenvalue weighted by molar-refractivity contribution is 0.669. The summed E-state index contributed by atoms with van der Waals surface area (Å²) in [5.41, 5.74) is 8.05. The molecule has 0 spiro atoms. The molecule has 158 valence electrons. The molecule has 0 saturated carbocycles. The Morgan fingerprint density at radius 3 is 2.29 bits per heavy atom. The van der Waals surface area contributed by atoms with E-state index in [4.69, 9.17) is 17.6 Å². The number of hydrogen-bond acceptors (Lipinski definition) is 2. The first-order chi connectivity index (χ1) is 17.2. The van der Waals surface area contributed by atoms with Crippen LogP contribution in [-0.4, -0.2) is 0 Å². The van der Waals surface area contributed by atoms with E-state index in [1.54, 1.807) is 12.1 Å². The summed E-state index contributed by atoms with van der Waals surface area (Å²) in [6, 6.07) is 28.2. The number of furan rings is 1.